The van der Waals surface area contributed by atoms with Crippen molar-refractivity contribution >= 4 is 16.1 Å². The lowest BCUT2D eigenvalue weighted by atomic mass is 9.90. The average molecular weight is 794 g/mol. The van der Waals surface area contributed by atoms with E-state index in [1.807, 2.05) is 0 Å². The monoisotopic (exact) mass is 794 g/mol. The maximum atomic E-state index is 12.8. The third-order valence-electron chi connectivity index (χ3n) is 10.6. The number of ether oxygens (including phenoxy) is 4. The Balaban J connectivity index is 2.44. The Kier molecular flexibility index (Phi) is 32.4. The van der Waals surface area contributed by atoms with E-state index in [4.69, 9.17) is 18.9 Å². The van der Waals surface area contributed by atoms with Crippen molar-refractivity contribution in [2.75, 3.05) is 32.2 Å². The summed E-state index contributed by atoms with van der Waals surface area (Å²) >= 11 is 0. The highest BCUT2D eigenvalue weighted by Gasteiger charge is 2.45. The van der Waals surface area contributed by atoms with Crippen LogP contribution in [0.2, 0.25) is 0 Å². The number of hydrogen-bond acceptors (Lipinski definition) is 11. The van der Waals surface area contributed by atoms with Crippen LogP contribution in [0.4, 0.5) is 0 Å². The molecule has 1 fully saturated rings. The van der Waals surface area contributed by atoms with Crippen LogP contribution in [0.25, 0.3) is 0 Å². The summed E-state index contributed by atoms with van der Waals surface area (Å²) in [6.45, 7) is 4.15. The zero-order valence-corrected chi connectivity index (χ0v) is 35.1. The maximum Gasteiger partial charge on any atom is 0.306 e. The summed E-state index contributed by atoms with van der Waals surface area (Å²) in [5.41, 5.74) is 0. The minimum Gasteiger partial charge on any atom is -0.748 e. The predicted molar refractivity (Wildman–Crippen MR) is 213 cm³/mol. The molecule has 0 bridgehead atoms. The number of rotatable bonds is 38. The Labute approximate surface area is 329 Å². The number of carbonyl (C=O) groups excluding carboxylic acids is 1. The van der Waals surface area contributed by atoms with Crippen LogP contribution in [-0.4, -0.2) is 97.1 Å². The number of carbonyl (C=O) groups is 1. The smallest absolute Gasteiger partial charge is 0.306 e. The predicted octanol–water partition coefficient (Wildman–Crippen LogP) is 8.49. The second-order valence-corrected chi connectivity index (χ2v) is 17.2. The molecule has 322 valence electrons. The molecule has 1 saturated heterocycles. The molecule has 1 heterocycles. The number of hydrogen-bond donors (Lipinski definition) is 3. The molecule has 11 nitrogen and oxygen atoms in total. The van der Waals surface area contributed by atoms with Crippen molar-refractivity contribution in [3.8, 4) is 0 Å². The molecule has 54 heavy (non-hydrogen) atoms. The molecule has 0 aromatic heterocycles. The van der Waals surface area contributed by atoms with E-state index in [2.05, 4.69) is 13.8 Å². The summed E-state index contributed by atoms with van der Waals surface area (Å²) in [5.74, 6) is -2.85. The molecular formula is C42H81O11S-. The van der Waals surface area contributed by atoms with Crippen molar-refractivity contribution < 1.29 is 52.0 Å². The molecule has 0 aromatic carbocycles. The molecule has 0 saturated carbocycles. The Bertz CT molecular complexity index is 966. The van der Waals surface area contributed by atoms with Crippen LogP contribution in [-0.2, 0) is 33.9 Å². The summed E-state index contributed by atoms with van der Waals surface area (Å²) in [4.78, 5) is 12.8. The lowest BCUT2D eigenvalue weighted by Crippen LogP contribution is -2.58. The molecule has 0 unspecified atom stereocenters. The van der Waals surface area contributed by atoms with Gasteiger partial charge >= 0.3 is 5.97 Å². The molecule has 1 aliphatic heterocycles. The van der Waals surface area contributed by atoms with Gasteiger partial charge in [0.15, 0.2) is 6.29 Å². The fourth-order valence-corrected chi connectivity index (χ4v) is 8.06. The molecule has 0 radical (unpaired) electrons. The summed E-state index contributed by atoms with van der Waals surface area (Å²) in [6.07, 6.45) is 26.8. The van der Waals surface area contributed by atoms with Crippen LogP contribution in [0.15, 0.2) is 0 Å². The van der Waals surface area contributed by atoms with Gasteiger partial charge in [-0.15, -0.1) is 0 Å². The fraction of sp³-hybridized carbons (Fsp3) is 0.976. The first-order valence-electron chi connectivity index (χ1n) is 22.1. The molecule has 12 heteroatoms. The molecule has 0 amide bonds. The topological polar surface area (TPSA) is 172 Å². The Hall–Kier alpha value is -0.860. The van der Waals surface area contributed by atoms with E-state index in [1.165, 1.54) is 128 Å². The fourth-order valence-electron chi connectivity index (χ4n) is 7.20. The van der Waals surface area contributed by atoms with Crippen molar-refractivity contribution in [1.29, 1.82) is 0 Å². The zero-order chi connectivity index (χ0) is 39.7. The Morgan fingerprint density at radius 3 is 1.50 bits per heavy atom. The van der Waals surface area contributed by atoms with Gasteiger partial charge in [0.2, 0.25) is 0 Å². The van der Waals surface area contributed by atoms with Crippen LogP contribution in [0.5, 0.6) is 0 Å². The highest BCUT2D eigenvalue weighted by molar-refractivity contribution is 7.85. The molecule has 1 rings (SSSR count). The average Bonchev–Trinajstić information content (AvgIpc) is 3.14. The maximum absolute atomic E-state index is 12.8. The highest BCUT2D eigenvalue weighted by Crippen LogP contribution is 2.28. The number of aliphatic hydroxyl groups excluding tert-OH is 3. The van der Waals surface area contributed by atoms with Crippen LogP contribution in [0.1, 0.15) is 194 Å². The molecule has 0 aliphatic carbocycles. The van der Waals surface area contributed by atoms with Gasteiger partial charge in [-0.1, -0.05) is 174 Å². The van der Waals surface area contributed by atoms with E-state index in [0.29, 0.717) is 6.61 Å². The van der Waals surface area contributed by atoms with Crippen molar-refractivity contribution in [2.24, 2.45) is 5.92 Å². The summed E-state index contributed by atoms with van der Waals surface area (Å²) < 4.78 is 57.2. The van der Waals surface area contributed by atoms with Crippen LogP contribution in [0, 0.1) is 5.92 Å². The SMILES string of the molecule is CCCCCCCCCCCCCCCCOC[C@H](CO[C@@H]1O[C@H](CO)[C@H](O)[C@H](CS(=O)(=O)[O-])[C@H]1O)OC(=O)CCCCCCCCCCCCCCC. The van der Waals surface area contributed by atoms with E-state index in [-0.39, 0.29) is 25.6 Å². The molecule has 1 aliphatic rings. The highest BCUT2D eigenvalue weighted by atomic mass is 32.2. The van der Waals surface area contributed by atoms with Crippen LogP contribution < -0.4 is 0 Å². The second kappa shape index (κ2) is 34.2. The van der Waals surface area contributed by atoms with Crippen molar-refractivity contribution in [3.63, 3.8) is 0 Å². The van der Waals surface area contributed by atoms with E-state index >= 15 is 0 Å². The van der Waals surface area contributed by atoms with Crippen LogP contribution >= 0.6 is 0 Å². The minimum atomic E-state index is -4.80. The normalized spacial score (nSPS) is 21.0. The quantitative estimate of drug-likeness (QED) is 0.0311. The first kappa shape index (κ1) is 51.2. The molecule has 0 spiro atoms. The minimum absolute atomic E-state index is 0.0655. The number of esters is 1. The van der Waals surface area contributed by atoms with Gasteiger partial charge in [0, 0.05) is 24.7 Å². The largest absolute Gasteiger partial charge is 0.748 e. The third-order valence-corrected chi connectivity index (χ3v) is 11.4. The van der Waals surface area contributed by atoms with Crippen molar-refractivity contribution in [3.05, 3.63) is 0 Å². The van der Waals surface area contributed by atoms with Gasteiger partial charge in [0.25, 0.3) is 0 Å². The summed E-state index contributed by atoms with van der Waals surface area (Å²) in [6, 6.07) is 0. The first-order valence-corrected chi connectivity index (χ1v) is 23.6. The van der Waals surface area contributed by atoms with E-state index < -0.39 is 59.1 Å². The lowest BCUT2D eigenvalue weighted by Gasteiger charge is -2.42. The van der Waals surface area contributed by atoms with Gasteiger partial charge in [0.05, 0.1) is 36.0 Å². The van der Waals surface area contributed by atoms with Crippen molar-refractivity contribution in [2.45, 2.75) is 224 Å². The van der Waals surface area contributed by atoms with Crippen LogP contribution in [0.3, 0.4) is 0 Å². The zero-order valence-electron chi connectivity index (χ0n) is 34.3. The standard InChI is InChI=1S/C42H82O11S/c1-3-5-7-9-11-13-15-17-19-21-23-25-27-29-31-50-33-36(34-51-42-41(46)37(35-54(47,48)49)40(45)38(32-43)53-42)52-39(44)30-28-26-24-22-20-18-16-14-12-10-8-6-4-2/h36-38,40-43,45-46H,3-35H2,1-2H3,(H,47,48,49)/p-1/t36-,37+,38-,40-,41-,42-/m1/s1. The van der Waals surface area contributed by atoms with Crippen molar-refractivity contribution in [1.82, 2.24) is 0 Å². The summed E-state index contributed by atoms with van der Waals surface area (Å²) in [7, 11) is -4.80. The first-order chi connectivity index (χ1) is 26.1. The third kappa shape index (κ3) is 27.7. The Morgan fingerprint density at radius 1 is 0.648 bits per heavy atom. The molecular weight excluding hydrogens is 713 g/mol. The lowest BCUT2D eigenvalue weighted by molar-refractivity contribution is -0.292. The number of aliphatic hydroxyl groups is 3. The Morgan fingerprint density at radius 2 is 1.07 bits per heavy atom. The summed E-state index contributed by atoms with van der Waals surface area (Å²) in [5, 5.41) is 30.8. The van der Waals surface area contributed by atoms with Gasteiger partial charge in [0.1, 0.15) is 18.3 Å². The molecule has 6 atom stereocenters. The number of unbranched alkanes of at least 4 members (excludes halogenated alkanes) is 25. The second-order valence-electron chi connectivity index (χ2n) is 15.7. The molecule has 3 N–H and O–H groups in total. The van der Waals surface area contributed by atoms with Gasteiger partial charge < -0.3 is 38.8 Å². The van der Waals surface area contributed by atoms with Gasteiger partial charge in [-0.05, 0) is 12.8 Å². The van der Waals surface area contributed by atoms with E-state index in [0.717, 1.165) is 44.9 Å². The van der Waals surface area contributed by atoms with Gasteiger partial charge in [-0.3, -0.25) is 4.79 Å². The van der Waals surface area contributed by atoms with Gasteiger partial charge in [-0.25, -0.2) is 8.42 Å². The van der Waals surface area contributed by atoms with E-state index in [1.54, 1.807) is 0 Å². The molecule has 0 aromatic rings. The van der Waals surface area contributed by atoms with E-state index in [9.17, 15) is 33.1 Å². The van der Waals surface area contributed by atoms with Gasteiger partial charge in [-0.2, -0.15) is 0 Å².